The van der Waals surface area contributed by atoms with E-state index < -0.39 is 85.3 Å². The third kappa shape index (κ3) is 9.26. The van der Waals surface area contributed by atoms with Gasteiger partial charge in [-0.05, 0) is 6.92 Å². The summed E-state index contributed by atoms with van der Waals surface area (Å²) in [5, 5.41) is 42.2. The van der Waals surface area contributed by atoms with Crippen LogP contribution in [0, 0.1) is 0 Å². The van der Waals surface area contributed by atoms with Crippen LogP contribution < -0.4 is 27.4 Å². The first-order chi connectivity index (χ1) is 13.8. The van der Waals surface area contributed by atoms with Gasteiger partial charge in [-0.1, -0.05) is 0 Å². The van der Waals surface area contributed by atoms with Gasteiger partial charge in [0.1, 0.15) is 24.2 Å². The van der Waals surface area contributed by atoms with Crippen molar-refractivity contribution in [3.05, 3.63) is 0 Å². The molecule has 0 bridgehead atoms. The lowest BCUT2D eigenvalue weighted by atomic mass is 10.1. The lowest BCUT2D eigenvalue weighted by Gasteiger charge is -2.25. The van der Waals surface area contributed by atoms with Crippen molar-refractivity contribution >= 4 is 35.6 Å². The lowest BCUT2D eigenvalue weighted by molar-refractivity contribution is -0.147. The normalized spacial score (nSPS) is 15.6. The van der Waals surface area contributed by atoms with Crippen LogP contribution >= 0.6 is 0 Å². The smallest absolute Gasteiger partial charge is 0.326 e. The minimum Gasteiger partial charge on any atom is -0.481 e. The van der Waals surface area contributed by atoms with E-state index in [4.69, 9.17) is 26.8 Å². The number of aliphatic hydroxyl groups is 2. The van der Waals surface area contributed by atoms with Crippen molar-refractivity contribution in [2.75, 3.05) is 6.61 Å². The molecule has 170 valence electrons. The zero-order chi connectivity index (χ0) is 23.6. The lowest BCUT2D eigenvalue weighted by Crippen LogP contribution is -2.60. The fourth-order valence-electron chi connectivity index (χ4n) is 2.07. The maximum absolute atomic E-state index is 12.4. The Labute approximate surface area is 169 Å². The maximum atomic E-state index is 12.4. The number of carboxylic acid groups (broad SMARTS) is 2. The Bertz CT molecular complexity index is 683. The second kappa shape index (κ2) is 12.3. The second-order valence-electron chi connectivity index (χ2n) is 6.24. The van der Waals surface area contributed by atoms with E-state index in [1.807, 2.05) is 16.0 Å². The van der Waals surface area contributed by atoms with Gasteiger partial charge >= 0.3 is 11.9 Å². The van der Waals surface area contributed by atoms with Gasteiger partial charge in [0.25, 0.3) is 0 Å². The summed E-state index contributed by atoms with van der Waals surface area (Å²) in [5.41, 5.74) is 10.3. The highest BCUT2D eigenvalue weighted by molar-refractivity contribution is 5.96. The molecule has 30 heavy (non-hydrogen) atoms. The van der Waals surface area contributed by atoms with E-state index in [1.54, 1.807) is 0 Å². The highest BCUT2D eigenvalue weighted by Crippen LogP contribution is 2.01. The molecule has 11 N–H and O–H groups in total. The maximum Gasteiger partial charge on any atom is 0.326 e. The number of aliphatic carboxylic acids is 2. The second-order valence-corrected chi connectivity index (χ2v) is 6.24. The number of carbonyl (C=O) groups excluding carboxylic acids is 4. The molecule has 15 nitrogen and oxygen atoms in total. The van der Waals surface area contributed by atoms with E-state index in [-0.39, 0.29) is 0 Å². The quantitative estimate of drug-likeness (QED) is 0.132. The summed E-state index contributed by atoms with van der Waals surface area (Å²) < 4.78 is 0. The number of amides is 4. The first-order valence-electron chi connectivity index (χ1n) is 8.48. The number of hydrogen-bond acceptors (Lipinski definition) is 9. The van der Waals surface area contributed by atoms with Crippen LogP contribution in [0.1, 0.15) is 19.8 Å². The standard InChI is InChI=1S/C15H25N5O10/c1-5(22)11(20-12(26)6(16)4-21)14(28)18-7(2-9(17)23)13(27)19-8(15(29)30)3-10(24)25/h5-8,11,21-22H,2-4,16H2,1H3,(H2,17,23)(H,18,28)(H,19,27)(H,20,26)(H,24,25)(H,29,30). The molecule has 15 heteroatoms. The number of primary amides is 1. The van der Waals surface area contributed by atoms with Crippen LogP contribution in [0.5, 0.6) is 0 Å². The molecule has 5 unspecified atom stereocenters. The van der Waals surface area contributed by atoms with Crippen molar-refractivity contribution in [1.82, 2.24) is 16.0 Å². The Morgan fingerprint density at radius 3 is 1.80 bits per heavy atom. The van der Waals surface area contributed by atoms with Gasteiger partial charge in [-0.2, -0.15) is 0 Å². The molecule has 0 aromatic carbocycles. The average Bonchev–Trinajstić information content (AvgIpc) is 2.62. The van der Waals surface area contributed by atoms with Gasteiger partial charge in [0.2, 0.25) is 23.6 Å². The molecule has 4 amide bonds. The molecule has 0 saturated carbocycles. The van der Waals surface area contributed by atoms with E-state index in [0.29, 0.717) is 0 Å². The SMILES string of the molecule is CC(O)C(NC(=O)C(N)CO)C(=O)NC(CC(N)=O)C(=O)NC(CC(=O)O)C(=O)O. The van der Waals surface area contributed by atoms with Gasteiger partial charge in [0, 0.05) is 0 Å². The van der Waals surface area contributed by atoms with Gasteiger partial charge in [-0.25, -0.2) is 4.79 Å². The largest absolute Gasteiger partial charge is 0.481 e. The highest BCUT2D eigenvalue weighted by atomic mass is 16.4. The van der Waals surface area contributed by atoms with E-state index in [9.17, 15) is 33.9 Å². The van der Waals surface area contributed by atoms with Crippen LogP contribution in [-0.2, 0) is 28.8 Å². The highest BCUT2D eigenvalue weighted by Gasteiger charge is 2.33. The average molecular weight is 435 g/mol. The summed E-state index contributed by atoms with van der Waals surface area (Å²) in [7, 11) is 0. The molecule has 0 saturated heterocycles. The van der Waals surface area contributed by atoms with Gasteiger partial charge < -0.3 is 47.8 Å². The number of hydrogen-bond donors (Lipinski definition) is 9. The van der Waals surface area contributed by atoms with Crippen molar-refractivity contribution in [2.45, 2.75) is 50.0 Å². The Hall–Kier alpha value is -3.30. The van der Waals surface area contributed by atoms with Crippen LogP contribution in [0.3, 0.4) is 0 Å². The molecule has 0 radical (unpaired) electrons. The molecule has 0 rings (SSSR count). The predicted molar refractivity (Wildman–Crippen MR) is 96.2 cm³/mol. The Kier molecular flexibility index (Phi) is 10.9. The minimum atomic E-state index is -1.86. The van der Waals surface area contributed by atoms with Crippen molar-refractivity contribution < 1.29 is 49.2 Å². The van der Waals surface area contributed by atoms with Crippen molar-refractivity contribution in [1.29, 1.82) is 0 Å². The molecule has 0 fully saturated rings. The molecular formula is C15H25N5O10. The third-order valence-electron chi connectivity index (χ3n) is 3.63. The summed E-state index contributed by atoms with van der Waals surface area (Å²) >= 11 is 0. The molecule has 0 aliphatic carbocycles. The number of rotatable bonds is 13. The fraction of sp³-hybridized carbons (Fsp3) is 0.600. The summed E-state index contributed by atoms with van der Waals surface area (Å²) in [6, 6.07) is -6.67. The number of aliphatic hydroxyl groups excluding tert-OH is 2. The van der Waals surface area contributed by atoms with E-state index in [2.05, 4.69) is 0 Å². The molecule has 0 aromatic heterocycles. The molecule has 0 spiro atoms. The summed E-state index contributed by atoms with van der Waals surface area (Å²) in [6.45, 7) is 0.359. The zero-order valence-corrected chi connectivity index (χ0v) is 15.9. The Morgan fingerprint density at radius 1 is 0.867 bits per heavy atom. The van der Waals surface area contributed by atoms with Gasteiger partial charge in [-0.15, -0.1) is 0 Å². The monoisotopic (exact) mass is 435 g/mol. The molecule has 0 aromatic rings. The van der Waals surface area contributed by atoms with Gasteiger partial charge in [-0.3, -0.25) is 24.0 Å². The fourth-order valence-corrected chi connectivity index (χ4v) is 2.07. The number of carboxylic acids is 2. The topological polar surface area (TPSA) is 271 Å². The summed E-state index contributed by atoms with van der Waals surface area (Å²) in [5.74, 6) is -7.67. The van der Waals surface area contributed by atoms with Crippen LogP contribution in [-0.4, -0.2) is 92.9 Å². The van der Waals surface area contributed by atoms with E-state index in [1.165, 1.54) is 0 Å². The first kappa shape index (κ1) is 26.7. The third-order valence-corrected chi connectivity index (χ3v) is 3.63. The van der Waals surface area contributed by atoms with Crippen LogP contribution in [0.15, 0.2) is 0 Å². The Morgan fingerprint density at radius 2 is 1.40 bits per heavy atom. The predicted octanol–water partition coefficient (Wildman–Crippen LogP) is -5.42. The van der Waals surface area contributed by atoms with Crippen LogP contribution in [0.25, 0.3) is 0 Å². The number of nitrogens with one attached hydrogen (secondary N) is 3. The van der Waals surface area contributed by atoms with Crippen molar-refractivity contribution in [3.8, 4) is 0 Å². The molecule has 0 heterocycles. The van der Waals surface area contributed by atoms with Crippen molar-refractivity contribution in [2.24, 2.45) is 11.5 Å². The van der Waals surface area contributed by atoms with Crippen molar-refractivity contribution in [3.63, 3.8) is 0 Å². The van der Waals surface area contributed by atoms with E-state index in [0.717, 1.165) is 6.92 Å². The Balaban J connectivity index is 5.45. The number of nitrogens with two attached hydrogens (primary N) is 2. The first-order valence-corrected chi connectivity index (χ1v) is 8.48. The number of carbonyl (C=O) groups is 6. The van der Waals surface area contributed by atoms with E-state index >= 15 is 0 Å². The molecule has 5 atom stereocenters. The summed E-state index contributed by atoms with van der Waals surface area (Å²) in [6.07, 6.45) is -3.28. The van der Waals surface area contributed by atoms with Crippen LogP contribution in [0.4, 0.5) is 0 Å². The summed E-state index contributed by atoms with van der Waals surface area (Å²) in [4.78, 5) is 69.4. The molecular weight excluding hydrogens is 410 g/mol. The van der Waals surface area contributed by atoms with Crippen LogP contribution in [0.2, 0.25) is 0 Å². The zero-order valence-electron chi connectivity index (χ0n) is 15.9. The van der Waals surface area contributed by atoms with Gasteiger partial charge in [0.15, 0.2) is 0 Å². The van der Waals surface area contributed by atoms with Gasteiger partial charge in [0.05, 0.1) is 25.6 Å². The molecule has 0 aliphatic heterocycles. The minimum absolute atomic E-state index is 0.757. The molecule has 0 aliphatic rings.